The highest BCUT2D eigenvalue weighted by Gasteiger charge is 2.35. The average molecular weight is 393 g/mol. The zero-order valence-corrected chi connectivity index (χ0v) is 15.0. The Morgan fingerprint density at radius 2 is 1.69 bits per heavy atom. The molecule has 29 heavy (non-hydrogen) atoms. The number of allylic oxidation sites excluding steroid dienone is 1. The molecule has 3 rings (SSSR count). The van der Waals surface area contributed by atoms with Crippen LogP contribution < -0.4 is 4.90 Å². The number of aliphatic imine (C=N–C) groups is 1. The van der Waals surface area contributed by atoms with Crippen molar-refractivity contribution in [1.82, 2.24) is 14.8 Å². The number of carboxylic acids is 1. The molecule has 0 fully saturated rings. The summed E-state index contributed by atoms with van der Waals surface area (Å²) in [7, 11) is 0. The smallest absolute Gasteiger partial charge is 0.374 e. The standard InChI is InChI=1S/C18H15N7O4/c1-19-13-14(20-2)16-22-23-17(18(28)29)25(16)15(13)21-11-3-5-12(6-4-11)24(7-9-26)8-10-27/h3-6,26-27H,7-10H2,(H,28,29). The molecule has 1 aromatic carbocycles. The molecule has 1 aliphatic rings. The number of nitrogens with zero attached hydrogens (tertiary/aromatic N) is 7. The Balaban J connectivity index is 2.05. The van der Waals surface area contributed by atoms with Crippen molar-refractivity contribution in [3.8, 4) is 0 Å². The van der Waals surface area contributed by atoms with Crippen LogP contribution in [-0.2, 0) is 0 Å². The fraction of sp³-hybridized carbons (Fsp3) is 0.222. The number of rotatable bonds is 7. The lowest BCUT2D eigenvalue weighted by Crippen LogP contribution is -2.29. The largest absolute Gasteiger partial charge is 0.475 e. The van der Waals surface area contributed by atoms with Crippen molar-refractivity contribution in [2.75, 3.05) is 31.2 Å². The van der Waals surface area contributed by atoms with Crippen molar-refractivity contribution in [2.24, 2.45) is 4.99 Å². The first-order chi connectivity index (χ1) is 14.0. The zero-order valence-electron chi connectivity index (χ0n) is 15.0. The lowest BCUT2D eigenvalue weighted by Gasteiger charge is -2.22. The highest BCUT2D eigenvalue weighted by atomic mass is 16.4. The van der Waals surface area contributed by atoms with Crippen molar-refractivity contribution in [3.63, 3.8) is 0 Å². The van der Waals surface area contributed by atoms with E-state index < -0.39 is 11.8 Å². The van der Waals surface area contributed by atoms with Gasteiger partial charge in [0.2, 0.25) is 17.2 Å². The van der Waals surface area contributed by atoms with Crippen LogP contribution in [-0.4, -0.2) is 68.2 Å². The van der Waals surface area contributed by atoms with E-state index in [2.05, 4.69) is 24.9 Å². The molecule has 0 radical (unpaired) electrons. The highest BCUT2D eigenvalue weighted by Crippen LogP contribution is 2.32. The Hall–Kier alpha value is -4.06. The van der Waals surface area contributed by atoms with Gasteiger partial charge in [-0.3, -0.25) is 4.57 Å². The number of carbonyl (C=O) groups is 1. The van der Waals surface area contributed by atoms with Gasteiger partial charge in [-0.2, -0.15) is 0 Å². The van der Waals surface area contributed by atoms with Crippen LogP contribution in [0.25, 0.3) is 15.4 Å². The second-order valence-electron chi connectivity index (χ2n) is 5.79. The minimum absolute atomic E-state index is 0.0290. The van der Waals surface area contributed by atoms with Gasteiger partial charge in [-0.05, 0) is 24.3 Å². The maximum Gasteiger partial charge on any atom is 0.374 e. The van der Waals surface area contributed by atoms with Gasteiger partial charge in [-0.25, -0.2) is 19.5 Å². The molecule has 0 unspecified atom stereocenters. The summed E-state index contributed by atoms with van der Waals surface area (Å²) in [5, 5.41) is 34.9. The number of carboxylic acid groups (broad SMARTS) is 1. The molecule has 0 bridgehead atoms. The Labute approximate surface area is 165 Å². The van der Waals surface area contributed by atoms with Crippen LogP contribution in [0.1, 0.15) is 16.4 Å². The predicted molar refractivity (Wildman–Crippen MR) is 102 cm³/mol. The predicted octanol–water partition coefficient (Wildman–Crippen LogP) is 0.866. The third-order valence-corrected chi connectivity index (χ3v) is 4.13. The molecule has 146 valence electrons. The molecule has 0 aliphatic carbocycles. The fourth-order valence-corrected chi connectivity index (χ4v) is 2.88. The first-order valence-corrected chi connectivity index (χ1v) is 8.40. The number of hydrogen-bond acceptors (Lipinski definition) is 7. The van der Waals surface area contributed by atoms with Gasteiger partial charge in [0.05, 0.1) is 32.0 Å². The van der Waals surface area contributed by atoms with E-state index in [1.807, 2.05) is 0 Å². The quantitative estimate of drug-likeness (QED) is 0.595. The van der Waals surface area contributed by atoms with Gasteiger partial charge in [0.15, 0.2) is 5.82 Å². The molecule has 0 atom stereocenters. The van der Waals surface area contributed by atoms with Crippen LogP contribution in [0.3, 0.4) is 0 Å². The second-order valence-corrected chi connectivity index (χ2v) is 5.79. The van der Waals surface area contributed by atoms with Gasteiger partial charge in [-0.15, -0.1) is 10.2 Å². The lowest BCUT2D eigenvalue weighted by molar-refractivity contribution is 0.0681. The summed E-state index contributed by atoms with van der Waals surface area (Å²) >= 11 is 0. The van der Waals surface area contributed by atoms with Crippen molar-refractivity contribution in [2.45, 2.75) is 0 Å². The molecular formula is C18H15N7O4. The van der Waals surface area contributed by atoms with Crippen molar-refractivity contribution in [1.29, 1.82) is 0 Å². The first-order valence-electron chi connectivity index (χ1n) is 8.40. The summed E-state index contributed by atoms with van der Waals surface area (Å²) in [5.41, 5.74) is 0.966. The molecule has 1 aliphatic heterocycles. The van der Waals surface area contributed by atoms with Gasteiger partial charge in [-0.1, -0.05) is 0 Å². The molecule has 1 aromatic heterocycles. The van der Waals surface area contributed by atoms with Crippen LogP contribution >= 0.6 is 0 Å². The summed E-state index contributed by atoms with van der Waals surface area (Å²) in [6.07, 6.45) is 0. The molecule has 11 nitrogen and oxygen atoms in total. The van der Waals surface area contributed by atoms with Gasteiger partial charge in [0, 0.05) is 18.8 Å². The summed E-state index contributed by atoms with van der Waals surface area (Å²) in [6.45, 7) is 15.2. The Morgan fingerprint density at radius 3 is 2.21 bits per heavy atom. The molecule has 2 aromatic rings. The van der Waals surface area contributed by atoms with E-state index in [0.717, 1.165) is 10.3 Å². The maximum absolute atomic E-state index is 11.5. The van der Waals surface area contributed by atoms with E-state index in [4.69, 9.17) is 23.4 Å². The Bertz CT molecular complexity index is 1080. The summed E-state index contributed by atoms with van der Waals surface area (Å²) in [4.78, 5) is 24.2. The van der Waals surface area contributed by atoms with E-state index in [0.29, 0.717) is 18.8 Å². The number of aromatic carboxylic acids is 1. The molecule has 0 amide bonds. The number of aliphatic hydroxyl groups is 2. The number of aromatic nitrogens is 3. The monoisotopic (exact) mass is 393 g/mol. The number of anilines is 1. The summed E-state index contributed by atoms with van der Waals surface area (Å²) < 4.78 is 1.08. The van der Waals surface area contributed by atoms with Crippen molar-refractivity contribution >= 4 is 28.9 Å². The van der Waals surface area contributed by atoms with E-state index in [-0.39, 0.29) is 36.3 Å². The lowest BCUT2D eigenvalue weighted by atomic mass is 10.2. The van der Waals surface area contributed by atoms with E-state index in [9.17, 15) is 9.90 Å². The number of benzene rings is 1. The molecule has 2 heterocycles. The number of aliphatic hydroxyl groups excluding tert-OH is 2. The maximum atomic E-state index is 11.5. The van der Waals surface area contributed by atoms with Crippen LogP contribution in [0.4, 0.5) is 11.4 Å². The molecule has 11 heteroatoms. The minimum Gasteiger partial charge on any atom is -0.475 e. The molecule has 0 saturated carbocycles. The third-order valence-electron chi connectivity index (χ3n) is 4.13. The van der Waals surface area contributed by atoms with Crippen LogP contribution in [0.5, 0.6) is 0 Å². The van der Waals surface area contributed by atoms with Gasteiger partial charge in [0.1, 0.15) is 5.84 Å². The minimum atomic E-state index is -1.36. The summed E-state index contributed by atoms with van der Waals surface area (Å²) in [6, 6.07) is 6.74. The molecule has 0 saturated heterocycles. The van der Waals surface area contributed by atoms with E-state index in [1.54, 1.807) is 29.2 Å². The van der Waals surface area contributed by atoms with E-state index >= 15 is 0 Å². The molecule has 0 spiro atoms. The topological polar surface area (TPSA) is 133 Å². The summed E-state index contributed by atoms with van der Waals surface area (Å²) in [5.74, 6) is -1.85. The van der Waals surface area contributed by atoms with Crippen LogP contribution in [0.2, 0.25) is 0 Å². The van der Waals surface area contributed by atoms with Gasteiger partial charge < -0.3 is 20.2 Å². The average Bonchev–Trinajstić information content (AvgIpc) is 3.26. The van der Waals surface area contributed by atoms with Crippen molar-refractivity contribution in [3.05, 3.63) is 64.4 Å². The zero-order chi connectivity index (χ0) is 21.0. The van der Waals surface area contributed by atoms with Gasteiger partial charge >= 0.3 is 5.97 Å². The SMILES string of the molecule is [C-]#[N+]C1=C([N+]#[C-])c2nnc(C(=O)O)n2C1=Nc1ccc(N(CCO)CCO)cc1. The normalized spacial score (nSPS) is 13.9. The van der Waals surface area contributed by atoms with Crippen molar-refractivity contribution < 1.29 is 20.1 Å². The Morgan fingerprint density at radius 1 is 1.07 bits per heavy atom. The van der Waals surface area contributed by atoms with Crippen LogP contribution in [0, 0.1) is 13.1 Å². The second kappa shape index (κ2) is 8.31. The van der Waals surface area contributed by atoms with Gasteiger partial charge in [0.25, 0.3) is 0 Å². The third kappa shape index (κ3) is 3.55. The Kier molecular flexibility index (Phi) is 5.64. The first kappa shape index (κ1) is 19.7. The van der Waals surface area contributed by atoms with E-state index in [1.165, 1.54) is 0 Å². The fourth-order valence-electron chi connectivity index (χ4n) is 2.88. The molecular weight excluding hydrogens is 378 g/mol. The molecule has 3 N–H and O–H groups in total. The van der Waals surface area contributed by atoms with Crippen LogP contribution in [0.15, 0.2) is 35.0 Å². The number of fused-ring (bicyclic) bond motifs is 1. The number of hydrogen-bond donors (Lipinski definition) is 3. The highest BCUT2D eigenvalue weighted by molar-refractivity contribution is 6.16.